The maximum atomic E-state index is 9.18. The zero-order valence-electron chi connectivity index (χ0n) is 11.6. The van der Waals surface area contributed by atoms with E-state index in [1.165, 1.54) is 0 Å². The number of furan rings is 1. The van der Waals surface area contributed by atoms with Gasteiger partial charge in [-0.2, -0.15) is 5.26 Å². The number of para-hydroxylation sites is 2. The third kappa shape index (κ3) is 2.54. The van der Waals surface area contributed by atoms with Crippen LogP contribution in [0.1, 0.15) is 11.3 Å². The minimum absolute atomic E-state index is 0.490. The number of benzene rings is 2. The topological polar surface area (TPSA) is 58.2 Å². The largest absolute Gasteiger partial charge is 0.495 e. The molecule has 3 rings (SSSR count). The zero-order chi connectivity index (χ0) is 14.7. The molecule has 4 nitrogen and oxygen atoms in total. The Labute approximate surface area is 122 Å². The van der Waals surface area contributed by atoms with Gasteiger partial charge in [-0.1, -0.05) is 24.3 Å². The Kier molecular flexibility index (Phi) is 3.48. The Balaban J connectivity index is 1.86. The number of nitriles is 1. The number of ether oxygens (including phenoxy) is 1. The summed E-state index contributed by atoms with van der Waals surface area (Å²) in [4.78, 5) is 0. The number of hydrogen-bond acceptors (Lipinski definition) is 4. The fraction of sp³-hybridized carbons (Fsp3) is 0.118. The number of anilines is 1. The molecule has 21 heavy (non-hydrogen) atoms. The van der Waals surface area contributed by atoms with Crippen LogP contribution in [-0.4, -0.2) is 7.11 Å². The van der Waals surface area contributed by atoms with Crippen molar-refractivity contribution >= 4 is 16.7 Å². The smallest absolute Gasteiger partial charge is 0.143 e. The van der Waals surface area contributed by atoms with E-state index in [0.717, 1.165) is 16.7 Å². The first kappa shape index (κ1) is 13.1. The summed E-state index contributed by atoms with van der Waals surface area (Å²) in [6, 6.07) is 17.4. The molecule has 0 saturated carbocycles. The van der Waals surface area contributed by atoms with Crippen LogP contribution >= 0.6 is 0 Å². The number of hydrogen-bond donors (Lipinski definition) is 1. The van der Waals surface area contributed by atoms with Crippen LogP contribution in [0.4, 0.5) is 5.69 Å². The van der Waals surface area contributed by atoms with Crippen molar-refractivity contribution in [2.45, 2.75) is 6.54 Å². The van der Waals surface area contributed by atoms with E-state index in [0.29, 0.717) is 23.5 Å². The molecule has 0 amide bonds. The lowest BCUT2D eigenvalue weighted by atomic mass is 10.1. The maximum absolute atomic E-state index is 9.18. The molecule has 0 aliphatic rings. The lowest BCUT2D eigenvalue weighted by molar-refractivity contribution is 0.416. The van der Waals surface area contributed by atoms with Gasteiger partial charge in [0.05, 0.1) is 24.9 Å². The zero-order valence-corrected chi connectivity index (χ0v) is 11.6. The molecule has 0 atom stereocenters. The molecule has 0 bridgehead atoms. The summed E-state index contributed by atoms with van der Waals surface area (Å²) in [6.07, 6.45) is 0. The van der Waals surface area contributed by atoms with Crippen LogP contribution in [0, 0.1) is 11.3 Å². The van der Waals surface area contributed by atoms with Gasteiger partial charge < -0.3 is 14.5 Å². The average Bonchev–Trinajstić information content (AvgIpc) is 2.95. The molecule has 0 aliphatic heterocycles. The quantitative estimate of drug-likeness (QED) is 0.785. The van der Waals surface area contributed by atoms with Gasteiger partial charge in [-0.15, -0.1) is 0 Å². The van der Waals surface area contributed by atoms with Crippen molar-refractivity contribution in [2.24, 2.45) is 0 Å². The predicted molar refractivity (Wildman–Crippen MR) is 81.2 cm³/mol. The van der Waals surface area contributed by atoms with Crippen LogP contribution in [0.5, 0.6) is 5.75 Å². The number of nitrogens with one attached hydrogen (secondary N) is 1. The first-order valence-corrected chi connectivity index (χ1v) is 6.60. The Bertz CT molecular complexity index is 782. The molecule has 4 heteroatoms. The fourth-order valence-corrected chi connectivity index (χ4v) is 2.28. The van der Waals surface area contributed by atoms with Gasteiger partial charge in [0.2, 0.25) is 0 Å². The van der Waals surface area contributed by atoms with E-state index >= 15 is 0 Å². The average molecular weight is 278 g/mol. The van der Waals surface area contributed by atoms with Crippen molar-refractivity contribution in [1.29, 1.82) is 5.26 Å². The van der Waals surface area contributed by atoms with Crippen LogP contribution in [0.3, 0.4) is 0 Å². The molecule has 1 heterocycles. The Morgan fingerprint density at radius 3 is 2.81 bits per heavy atom. The van der Waals surface area contributed by atoms with E-state index in [2.05, 4.69) is 11.4 Å². The summed E-state index contributed by atoms with van der Waals surface area (Å²) < 4.78 is 11.0. The van der Waals surface area contributed by atoms with Crippen molar-refractivity contribution in [3.63, 3.8) is 0 Å². The highest BCUT2D eigenvalue weighted by atomic mass is 16.5. The van der Waals surface area contributed by atoms with Crippen molar-refractivity contribution < 1.29 is 9.15 Å². The van der Waals surface area contributed by atoms with E-state index in [4.69, 9.17) is 9.15 Å². The molecule has 3 aromatic rings. The summed E-state index contributed by atoms with van der Waals surface area (Å²) in [5.74, 6) is 1.45. The highest BCUT2D eigenvalue weighted by molar-refractivity contribution is 5.77. The summed E-state index contributed by atoms with van der Waals surface area (Å²) in [5, 5.41) is 13.5. The SMILES string of the molecule is COc1cccc(C#N)c1NCc1cc2ccccc2o1. The minimum Gasteiger partial charge on any atom is -0.495 e. The Morgan fingerprint density at radius 2 is 2.05 bits per heavy atom. The van der Waals surface area contributed by atoms with Crippen LogP contribution in [-0.2, 0) is 6.54 Å². The lowest BCUT2D eigenvalue weighted by Crippen LogP contribution is -2.02. The van der Waals surface area contributed by atoms with E-state index in [1.807, 2.05) is 36.4 Å². The van der Waals surface area contributed by atoms with Crippen LogP contribution in [0.2, 0.25) is 0 Å². The van der Waals surface area contributed by atoms with Gasteiger partial charge in [0.1, 0.15) is 23.2 Å². The fourth-order valence-electron chi connectivity index (χ4n) is 2.28. The monoisotopic (exact) mass is 278 g/mol. The molecular formula is C17H14N2O2. The van der Waals surface area contributed by atoms with Gasteiger partial charge in [-0.25, -0.2) is 0 Å². The molecule has 104 valence electrons. The summed E-state index contributed by atoms with van der Waals surface area (Å²) in [7, 11) is 1.59. The number of nitrogens with zero attached hydrogens (tertiary/aromatic N) is 1. The van der Waals surface area contributed by atoms with Crippen LogP contribution in [0.15, 0.2) is 52.9 Å². The van der Waals surface area contributed by atoms with E-state index < -0.39 is 0 Å². The van der Waals surface area contributed by atoms with Crippen molar-refractivity contribution in [1.82, 2.24) is 0 Å². The minimum atomic E-state index is 0.490. The molecule has 1 N–H and O–H groups in total. The number of methoxy groups -OCH3 is 1. The van der Waals surface area contributed by atoms with Crippen LogP contribution in [0.25, 0.3) is 11.0 Å². The normalized spacial score (nSPS) is 10.3. The standard InChI is InChI=1S/C17H14N2O2/c1-20-16-8-4-6-13(10-18)17(16)19-11-14-9-12-5-2-3-7-15(12)21-14/h2-9,19H,11H2,1H3. The van der Waals surface area contributed by atoms with Gasteiger partial charge in [0, 0.05) is 5.39 Å². The van der Waals surface area contributed by atoms with Crippen molar-refractivity contribution in [2.75, 3.05) is 12.4 Å². The first-order chi connectivity index (χ1) is 10.3. The predicted octanol–water partition coefficient (Wildman–Crippen LogP) is 3.93. The third-order valence-corrected chi connectivity index (χ3v) is 3.28. The van der Waals surface area contributed by atoms with Crippen molar-refractivity contribution in [3.05, 3.63) is 59.9 Å². The molecule has 1 aromatic heterocycles. The van der Waals surface area contributed by atoms with Gasteiger partial charge in [-0.3, -0.25) is 0 Å². The molecular weight excluding hydrogens is 264 g/mol. The Morgan fingerprint density at radius 1 is 1.19 bits per heavy atom. The van der Waals surface area contributed by atoms with E-state index in [-0.39, 0.29) is 0 Å². The Hall–Kier alpha value is -2.93. The molecule has 0 fully saturated rings. The summed E-state index contributed by atoms with van der Waals surface area (Å²) >= 11 is 0. The molecule has 0 radical (unpaired) electrons. The van der Waals surface area contributed by atoms with E-state index in [9.17, 15) is 5.26 Å². The number of fused-ring (bicyclic) bond motifs is 1. The van der Waals surface area contributed by atoms with Gasteiger partial charge in [0.25, 0.3) is 0 Å². The summed E-state index contributed by atoms with van der Waals surface area (Å²) in [6.45, 7) is 0.490. The van der Waals surface area contributed by atoms with Crippen LogP contribution < -0.4 is 10.1 Å². The number of rotatable bonds is 4. The lowest BCUT2D eigenvalue weighted by Gasteiger charge is -2.11. The van der Waals surface area contributed by atoms with Gasteiger partial charge >= 0.3 is 0 Å². The molecule has 0 saturated heterocycles. The summed E-state index contributed by atoms with van der Waals surface area (Å²) in [5.41, 5.74) is 2.09. The molecule has 0 unspecified atom stereocenters. The molecule has 0 spiro atoms. The third-order valence-electron chi connectivity index (χ3n) is 3.28. The molecule has 0 aliphatic carbocycles. The second-order valence-corrected chi connectivity index (χ2v) is 4.60. The second-order valence-electron chi connectivity index (χ2n) is 4.60. The maximum Gasteiger partial charge on any atom is 0.143 e. The van der Waals surface area contributed by atoms with Gasteiger partial charge in [-0.05, 0) is 24.3 Å². The first-order valence-electron chi connectivity index (χ1n) is 6.60. The van der Waals surface area contributed by atoms with E-state index in [1.54, 1.807) is 19.2 Å². The highest BCUT2D eigenvalue weighted by Crippen LogP contribution is 2.29. The highest BCUT2D eigenvalue weighted by Gasteiger charge is 2.10. The van der Waals surface area contributed by atoms with Gasteiger partial charge in [0.15, 0.2) is 0 Å². The van der Waals surface area contributed by atoms with Crippen molar-refractivity contribution in [3.8, 4) is 11.8 Å². The second kappa shape index (κ2) is 5.59. The molecule has 2 aromatic carbocycles.